The molecule has 0 aliphatic carbocycles. The van der Waals surface area contributed by atoms with Gasteiger partial charge < -0.3 is 15.7 Å². The van der Waals surface area contributed by atoms with E-state index in [2.05, 4.69) is 15.6 Å². The van der Waals surface area contributed by atoms with Crippen LogP contribution in [0.4, 0.5) is 17.3 Å². The summed E-state index contributed by atoms with van der Waals surface area (Å²) < 4.78 is 0. The van der Waals surface area contributed by atoms with Crippen LogP contribution < -0.4 is 10.6 Å². The normalized spacial score (nSPS) is 10.1. The van der Waals surface area contributed by atoms with Crippen LogP contribution in [0.15, 0.2) is 12.1 Å². The lowest BCUT2D eigenvalue weighted by atomic mass is 10.3. The predicted molar refractivity (Wildman–Crippen MR) is 69.9 cm³/mol. The van der Waals surface area contributed by atoms with Gasteiger partial charge >= 0.3 is 0 Å². The third-order valence-electron chi connectivity index (χ3n) is 2.22. The minimum Gasteiger partial charge on any atom is -0.396 e. The van der Waals surface area contributed by atoms with Gasteiger partial charge in [0.25, 0.3) is 5.69 Å². The van der Waals surface area contributed by atoms with Crippen molar-refractivity contribution in [2.45, 2.75) is 19.8 Å². The summed E-state index contributed by atoms with van der Waals surface area (Å²) in [5, 5.41) is 25.4. The van der Waals surface area contributed by atoms with E-state index in [1.807, 2.05) is 6.92 Å². The monoisotopic (exact) mass is 254 g/mol. The number of rotatable bonds is 8. The fraction of sp³-hybridized carbons (Fsp3) is 0.545. The van der Waals surface area contributed by atoms with Gasteiger partial charge in [-0.2, -0.15) is 0 Å². The zero-order valence-electron chi connectivity index (χ0n) is 10.3. The molecular weight excluding hydrogens is 236 g/mol. The van der Waals surface area contributed by atoms with Crippen molar-refractivity contribution in [2.24, 2.45) is 0 Å². The fourth-order valence-corrected chi connectivity index (χ4v) is 1.35. The lowest BCUT2D eigenvalue weighted by Gasteiger charge is -2.08. The number of nitro groups is 1. The first kappa shape index (κ1) is 14.2. The first-order valence-corrected chi connectivity index (χ1v) is 5.92. The first-order chi connectivity index (χ1) is 8.67. The van der Waals surface area contributed by atoms with Crippen molar-refractivity contribution < 1.29 is 10.0 Å². The largest absolute Gasteiger partial charge is 0.396 e. The van der Waals surface area contributed by atoms with Crippen LogP contribution in [0.3, 0.4) is 0 Å². The zero-order chi connectivity index (χ0) is 13.4. The molecule has 1 aromatic rings. The summed E-state index contributed by atoms with van der Waals surface area (Å²) >= 11 is 0. The molecule has 1 heterocycles. The van der Waals surface area contributed by atoms with E-state index >= 15 is 0 Å². The number of aliphatic hydroxyl groups is 1. The van der Waals surface area contributed by atoms with Gasteiger partial charge in [0.1, 0.15) is 11.6 Å². The second-order valence-electron chi connectivity index (χ2n) is 3.78. The van der Waals surface area contributed by atoms with Crippen LogP contribution in [-0.2, 0) is 0 Å². The number of nitrogens with zero attached hydrogens (tertiary/aromatic N) is 2. The highest BCUT2D eigenvalue weighted by molar-refractivity contribution is 5.54. The van der Waals surface area contributed by atoms with E-state index in [0.29, 0.717) is 31.1 Å². The van der Waals surface area contributed by atoms with Crippen LogP contribution >= 0.6 is 0 Å². The number of nitrogens with one attached hydrogen (secondary N) is 2. The molecule has 0 unspecified atom stereocenters. The number of aromatic nitrogens is 1. The zero-order valence-corrected chi connectivity index (χ0v) is 10.3. The van der Waals surface area contributed by atoms with Crippen LogP contribution in [0.5, 0.6) is 0 Å². The maximum atomic E-state index is 10.8. The van der Waals surface area contributed by atoms with E-state index in [1.54, 1.807) is 0 Å². The van der Waals surface area contributed by atoms with Crippen LogP contribution in [0.1, 0.15) is 19.8 Å². The van der Waals surface area contributed by atoms with Gasteiger partial charge in [-0.3, -0.25) is 10.1 Å². The summed E-state index contributed by atoms with van der Waals surface area (Å²) in [6.07, 6.45) is 1.49. The maximum absolute atomic E-state index is 10.8. The molecular formula is C11H18N4O3. The van der Waals surface area contributed by atoms with Crippen LogP contribution in [-0.4, -0.2) is 34.7 Å². The second-order valence-corrected chi connectivity index (χ2v) is 3.78. The third-order valence-corrected chi connectivity index (χ3v) is 2.22. The summed E-state index contributed by atoms with van der Waals surface area (Å²) in [4.78, 5) is 14.6. The molecule has 1 rings (SSSR count). The Morgan fingerprint density at radius 1 is 1.33 bits per heavy atom. The lowest BCUT2D eigenvalue weighted by Crippen LogP contribution is -2.08. The van der Waals surface area contributed by atoms with Crippen molar-refractivity contribution in [3.63, 3.8) is 0 Å². The van der Waals surface area contributed by atoms with Gasteiger partial charge in [0.15, 0.2) is 0 Å². The van der Waals surface area contributed by atoms with Crippen LogP contribution in [0.25, 0.3) is 0 Å². The van der Waals surface area contributed by atoms with E-state index in [-0.39, 0.29) is 12.3 Å². The van der Waals surface area contributed by atoms with Crippen molar-refractivity contribution in [1.29, 1.82) is 0 Å². The Morgan fingerprint density at radius 3 is 2.44 bits per heavy atom. The maximum Gasteiger partial charge on any atom is 0.276 e. The lowest BCUT2D eigenvalue weighted by molar-refractivity contribution is -0.384. The van der Waals surface area contributed by atoms with Crippen molar-refractivity contribution in [3.8, 4) is 0 Å². The highest BCUT2D eigenvalue weighted by atomic mass is 16.6. The average Bonchev–Trinajstić information content (AvgIpc) is 2.36. The third kappa shape index (κ3) is 4.54. The van der Waals surface area contributed by atoms with Gasteiger partial charge in [-0.05, 0) is 12.8 Å². The van der Waals surface area contributed by atoms with Crippen molar-refractivity contribution in [3.05, 3.63) is 22.2 Å². The molecule has 0 atom stereocenters. The highest BCUT2D eigenvalue weighted by Gasteiger charge is 2.10. The Balaban J connectivity index is 2.80. The molecule has 7 nitrogen and oxygen atoms in total. The number of pyridine rings is 1. The Labute approximate surface area is 105 Å². The molecule has 18 heavy (non-hydrogen) atoms. The molecule has 3 N–H and O–H groups in total. The molecule has 0 aliphatic heterocycles. The molecule has 0 radical (unpaired) electrons. The molecule has 0 bridgehead atoms. The highest BCUT2D eigenvalue weighted by Crippen LogP contribution is 2.20. The number of anilines is 2. The SMILES string of the molecule is CCCNc1cc([N+](=O)[O-])cc(NCCCO)n1. The van der Waals surface area contributed by atoms with Crippen LogP contribution in [0.2, 0.25) is 0 Å². The minimum atomic E-state index is -0.448. The topological polar surface area (TPSA) is 100 Å². The van der Waals surface area contributed by atoms with Gasteiger partial charge in [-0.25, -0.2) is 4.98 Å². The van der Waals surface area contributed by atoms with Gasteiger partial charge in [-0.15, -0.1) is 0 Å². The van der Waals surface area contributed by atoms with Gasteiger partial charge in [-0.1, -0.05) is 6.92 Å². The second kappa shape index (κ2) is 7.44. The number of hydrogen-bond acceptors (Lipinski definition) is 6. The van der Waals surface area contributed by atoms with Crippen LogP contribution in [0, 0.1) is 10.1 Å². The van der Waals surface area contributed by atoms with E-state index in [9.17, 15) is 10.1 Å². The smallest absolute Gasteiger partial charge is 0.276 e. The molecule has 0 fully saturated rings. The van der Waals surface area contributed by atoms with Crippen molar-refractivity contribution in [1.82, 2.24) is 4.98 Å². The summed E-state index contributed by atoms with van der Waals surface area (Å²) in [5.74, 6) is 0.925. The Hall–Kier alpha value is -1.89. The number of aliphatic hydroxyl groups excluding tert-OH is 1. The predicted octanol–water partition coefficient (Wildman–Crippen LogP) is 1.61. The fourth-order valence-electron chi connectivity index (χ4n) is 1.35. The Morgan fingerprint density at radius 2 is 1.94 bits per heavy atom. The van der Waals surface area contributed by atoms with Crippen molar-refractivity contribution >= 4 is 17.3 Å². The first-order valence-electron chi connectivity index (χ1n) is 5.92. The molecule has 1 aromatic heterocycles. The standard InChI is InChI=1S/C11H18N4O3/c1-2-4-12-10-7-9(15(17)18)8-11(14-10)13-5-3-6-16/h7-8,16H,2-6H2,1H3,(H2,12,13,14). The quantitative estimate of drug-likeness (QED) is 0.370. The summed E-state index contributed by atoms with van der Waals surface area (Å²) in [6.45, 7) is 3.32. The molecule has 0 spiro atoms. The minimum absolute atomic E-state index is 0.00454. The average molecular weight is 254 g/mol. The van der Waals surface area contributed by atoms with Gasteiger partial charge in [0, 0.05) is 19.7 Å². The van der Waals surface area contributed by atoms with E-state index in [4.69, 9.17) is 5.11 Å². The molecule has 0 saturated heterocycles. The molecule has 100 valence electrons. The summed E-state index contributed by atoms with van der Waals surface area (Å²) in [5.41, 5.74) is -0.00454. The van der Waals surface area contributed by atoms with Gasteiger partial charge in [0.2, 0.25) is 0 Å². The number of hydrogen-bond donors (Lipinski definition) is 3. The Bertz CT molecular complexity index is 398. The molecule has 7 heteroatoms. The summed E-state index contributed by atoms with van der Waals surface area (Å²) in [7, 11) is 0. The van der Waals surface area contributed by atoms with E-state index < -0.39 is 4.92 Å². The van der Waals surface area contributed by atoms with E-state index in [1.165, 1.54) is 12.1 Å². The van der Waals surface area contributed by atoms with E-state index in [0.717, 1.165) is 6.42 Å². The summed E-state index contributed by atoms with van der Waals surface area (Å²) in [6, 6.07) is 2.79. The molecule has 0 aliphatic rings. The molecule has 0 aromatic carbocycles. The van der Waals surface area contributed by atoms with Gasteiger partial charge in [0.05, 0.1) is 17.1 Å². The van der Waals surface area contributed by atoms with Crippen molar-refractivity contribution in [2.75, 3.05) is 30.3 Å². The Kier molecular flexibility index (Phi) is 5.86. The molecule has 0 amide bonds. The molecule has 0 saturated carbocycles.